The van der Waals surface area contributed by atoms with Crippen LogP contribution in [0, 0.1) is 0 Å². The van der Waals surface area contributed by atoms with Gasteiger partial charge in [-0.15, -0.1) is 0 Å². The number of carbonyl (C=O) groups is 1. The van der Waals surface area contributed by atoms with Gasteiger partial charge in [0.15, 0.2) is 0 Å². The van der Waals surface area contributed by atoms with E-state index in [-0.39, 0.29) is 12.1 Å². The second-order valence-electron chi connectivity index (χ2n) is 5.32. The third-order valence-electron chi connectivity index (χ3n) is 3.69. The number of urea groups is 1. The molecule has 2 rings (SSSR count). The molecule has 1 aromatic rings. The van der Waals surface area contributed by atoms with Crippen molar-refractivity contribution < 1.29 is 14.6 Å². The van der Waals surface area contributed by atoms with Gasteiger partial charge < -0.3 is 20.5 Å². The van der Waals surface area contributed by atoms with E-state index in [0.29, 0.717) is 25.9 Å². The molecule has 1 heterocycles. The standard InChI is InChI=1S/C16H24N2O3/c1-2-14(19)6-9-18-16(20)17-8-5-12-3-4-15-13(11-12)7-10-21-15/h3-4,11,14,19H,2,5-10H2,1H3,(H2,17,18,20). The van der Waals surface area contributed by atoms with E-state index in [9.17, 15) is 9.90 Å². The van der Waals surface area contributed by atoms with Gasteiger partial charge in [0.05, 0.1) is 12.7 Å². The molecule has 1 atom stereocenters. The van der Waals surface area contributed by atoms with Crippen LogP contribution in [-0.4, -0.2) is 36.9 Å². The highest BCUT2D eigenvalue weighted by Gasteiger charge is 2.11. The van der Waals surface area contributed by atoms with Crippen molar-refractivity contribution in [1.82, 2.24) is 10.6 Å². The molecule has 5 heteroatoms. The Labute approximate surface area is 125 Å². The summed E-state index contributed by atoms with van der Waals surface area (Å²) in [5, 5.41) is 15.0. The number of fused-ring (bicyclic) bond motifs is 1. The Morgan fingerprint density at radius 2 is 2.19 bits per heavy atom. The Morgan fingerprint density at radius 1 is 1.38 bits per heavy atom. The molecule has 0 aromatic heterocycles. The maximum absolute atomic E-state index is 11.6. The molecule has 3 N–H and O–H groups in total. The summed E-state index contributed by atoms with van der Waals surface area (Å²) in [6.45, 7) is 3.79. The number of aliphatic hydroxyl groups excluding tert-OH is 1. The normalized spacial score (nSPS) is 14.2. The van der Waals surface area contributed by atoms with Crippen molar-refractivity contribution >= 4 is 6.03 Å². The molecule has 116 valence electrons. The smallest absolute Gasteiger partial charge is 0.314 e. The second-order valence-corrected chi connectivity index (χ2v) is 5.32. The highest BCUT2D eigenvalue weighted by Crippen LogP contribution is 2.25. The number of ether oxygens (including phenoxy) is 1. The zero-order chi connectivity index (χ0) is 15.1. The quantitative estimate of drug-likeness (QED) is 0.715. The molecule has 0 bridgehead atoms. The zero-order valence-electron chi connectivity index (χ0n) is 12.5. The van der Waals surface area contributed by atoms with Crippen molar-refractivity contribution in [3.05, 3.63) is 29.3 Å². The molecule has 0 saturated heterocycles. The average Bonchev–Trinajstić information content (AvgIpc) is 2.94. The second kappa shape index (κ2) is 7.88. The highest BCUT2D eigenvalue weighted by molar-refractivity contribution is 5.73. The predicted octanol–water partition coefficient (Wildman–Crippen LogP) is 1.62. The van der Waals surface area contributed by atoms with Crippen molar-refractivity contribution in [2.45, 2.75) is 38.7 Å². The SMILES string of the molecule is CCC(O)CCNC(=O)NCCc1ccc2c(c1)CCO2. The average molecular weight is 292 g/mol. The number of rotatable bonds is 7. The molecule has 21 heavy (non-hydrogen) atoms. The summed E-state index contributed by atoms with van der Waals surface area (Å²) >= 11 is 0. The van der Waals surface area contributed by atoms with Crippen LogP contribution >= 0.6 is 0 Å². The molecule has 1 aliphatic rings. The minimum Gasteiger partial charge on any atom is -0.493 e. The number of benzene rings is 1. The van der Waals surface area contributed by atoms with E-state index in [4.69, 9.17) is 4.74 Å². The lowest BCUT2D eigenvalue weighted by molar-refractivity contribution is 0.160. The Hall–Kier alpha value is -1.75. The molecular weight excluding hydrogens is 268 g/mol. The van der Waals surface area contributed by atoms with Crippen molar-refractivity contribution in [1.29, 1.82) is 0 Å². The fourth-order valence-corrected chi connectivity index (χ4v) is 2.33. The minimum absolute atomic E-state index is 0.178. The van der Waals surface area contributed by atoms with E-state index in [2.05, 4.69) is 16.7 Å². The molecule has 0 aliphatic carbocycles. The Bertz CT molecular complexity index is 477. The van der Waals surface area contributed by atoms with Gasteiger partial charge in [0.2, 0.25) is 0 Å². The Morgan fingerprint density at radius 3 is 3.00 bits per heavy atom. The van der Waals surface area contributed by atoms with Crippen LogP contribution in [0.1, 0.15) is 30.9 Å². The maximum Gasteiger partial charge on any atom is 0.314 e. The van der Waals surface area contributed by atoms with E-state index in [1.165, 1.54) is 11.1 Å². The van der Waals surface area contributed by atoms with Crippen molar-refractivity contribution in [2.75, 3.05) is 19.7 Å². The van der Waals surface area contributed by atoms with Crippen molar-refractivity contribution in [3.8, 4) is 5.75 Å². The highest BCUT2D eigenvalue weighted by atomic mass is 16.5. The molecule has 5 nitrogen and oxygen atoms in total. The molecule has 0 spiro atoms. The van der Waals surface area contributed by atoms with Gasteiger partial charge in [-0.05, 0) is 36.5 Å². The third kappa shape index (κ3) is 4.93. The van der Waals surface area contributed by atoms with Crippen LogP contribution in [0.5, 0.6) is 5.75 Å². The number of hydrogen-bond donors (Lipinski definition) is 3. The van der Waals surface area contributed by atoms with Gasteiger partial charge in [0.25, 0.3) is 0 Å². The lowest BCUT2D eigenvalue weighted by atomic mass is 10.1. The van der Waals surface area contributed by atoms with Gasteiger partial charge in [-0.2, -0.15) is 0 Å². The monoisotopic (exact) mass is 292 g/mol. The van der Waals surface area contributed by atoms with E-state index in [1.54, 1.807) is 0 Å². The number of nitrogens with one attached hydrogen (secondary N) is 2. The van der Waals surface area contributed by atoms with Crippen molar-refractivity contribution in [2.24, 2.45) is 0 Å². The van der Waals surface area contributed by atoms with Crippen LogP contribution < -0.4 is 15.4 Å². The maximum atomic E-state index is 11.6. The van der Waals surface area contributed by atoms with Crippen LogP contribution in [0.4, 0.5) is 4.79 Å². The summed E-state index contributed by atoms with van der Waals surface area (Å²) in [6, 6.07) is 6.02. The largest absolute Gasteiger partial charge is 0.493 e. The summed E-state index contributed by atoms with van der Waals surface area (Å²) in [5.74, 6) is 0.985. The molecule has 1 unspecified atom stereocenters. The third-order valence-corrected chi connectivity index (χ3v) is 3.69. The molecule has 2 amide bonds. The van der Waals surface area contributed by atoms with Gasteiger partial charge >= 0.3 is 6.03 Å². The van der Waals surface area contributed by atoms with Gasteiger partial charge in [-0.1, -0.05) is 19.1 Å². The fraction of sp³-hybridized carbons (Fsp3) is 0.562. The molecule has 0 radical (unpaired) electrons. The summed E-state index contributed by atoms with van der Waals surface area (Å²) in [6.07, 6.45) is 2.74. The summed E-state index contributed by atoms with van der Waals surface area (Å²) < 4.78 is 5.47. The first kappa shape index (κ1) is 15.6. The number of aliphatic hydroxyl groups is 1. The first-order valence-corrected chi connectivity index (χ1v) is 7.63. The molecule has 1 aliphatic heterocycles. The summed E-state index contributed by atoms with van der Waals surface area (Å²) in [5.41, 5.74) is 2.46. The summed E-state index contributed by atoms with van der Waals surface area (Å²) in [4.78, 5) is 11.6. The van der Waals surface area contributed by atoms with E-state index >= 15 is 0 Å². The van der Waals surface area contributed by atoms with Crippen LogP contribution in [-0.2, 0) is 12.8 Å². The lowest BCUT2D eigenvalue weighted by Gasteiger charge is -2.10. The Kier molecular flexibility index (Phi) is 5.87. The minimum atomic E-state index is -0.334. The molecule has 0 fully saturated rings. The van der Waals surface area contributed by atoms with Crippen LogP contribution in [0.15, 0.2) is 18.2 Å². The lowest BCUT2D eigenvalue weighted by Crippen LogP contribution is -2.37. The topological polar surface area (TPSA) is 70.6 Å². The van der Waals surface area contributed by atoms with Crippen LogP contribution in [0.25, 0.3) is 0 Å². The predicted molar refractivity (Wildman–Crippen MR) is 81.7 cm³/mol. The van der Waals surface area contributed by atoms with Crippen molar-refractivity contribution in [3.63, 3.8) is 0 Å². The van der Waals surface area contributed by atoms with Gasteiger partial charge in [0, 0.05) is 19.5 Å². The number of amides is 2. The molecule has 0 saturated carbocycles. The van der Waals surface area contributed by atoms with E-state index in [0.717, 1.165) is 25.2 Å². The molecular formula is C16H24N2O3. The first-order chi connectivity index (χ1) is 10.2. The van der Waals surface area contributed by atoms with Gasteiger partial charge in [0.1, 0.15) is 5.75 Å². The number of hydrogen-bond acceptors (Lipinski definition) is 3. The van der Waals surface area contributed by atoms with E-state index in [1.807, 2.05) is 19.1 Å². The molecule has 1 aromatic carbocycles. The van der Waals surface area contributed by atoms with Gasteiger partial charge in [-0.25, -0.2) is 4.79 Å². The van der Waals surface area contributed by atoms with Crippen LogP contribution in [0.3, 0.4) is 0 Å². The Balaban J connectivity index is 1.64. The zero-order valence-corrected chi connectivity index (χ0v) is 12.5. The summed E-state index contributed by atoms with van der Waals surface area (Å²) in [7, 11) is 0. The first-order valence-electron chi connectivity index (χ1n) is 7.63. The number of carbonyl (C=O) groups excluding carboxylic acids is 1. The van der Waals surface area contributed by atoms with Crippen LogP contribution in [0.2, 0.25) is 0 Å². The van der Waals surface area contributed by atoms with Gasteiger partial charge in [-0.3, -0.25) is 0 Å². The fourth-order valence-electron chi connectivity index (χ4n) is 2.33. The van der Waals surface area contributed by atoms with E-state index < -0.39 is 0 Å².